The number of aryl methyl sites for hydroxylation is 1. The molecule has 4 nitrogen and oxygen atoms in total. The third-order valence-electron chi connectivity index (χ3n) is 3.74. The van der Waals surface area contributed by atoms with Crippen molar-refractivity contribution in [2.45, 2.75) is 13.3 Å². The molecule has 0 N–H and O–H groups in total. The zero-order chi connectivity index (χ0) is 16.1. The van der Waals surface area contributed by atoms with Crippen molar-refractivity contribution in [3.8, 4) is 16.9 Å². The van der Waals surface area contributed by atoms with E-state index in [1.54, 1.807) is 14.2 Å². The van der Waals surface area contributed by atoms with Crippen molar-refractivity contribution in [2.24, 2.45) is 0 Å². The van der Waals surface area contributed by atoms with Gasteiger partial charge in [-0.25, -0.2) is 5.06 Å². The number of benzene rings is 2. The van der Waals surface area contributed by atoms with Gasteiger partial charge in [0.25, 0.3) is 0 Å². The number of methoxy groups -OCH3 is 1. The molecule has 2 aromatic carbocycles. The zero-order valence-electron chi connectivity index (χ0n) is 13.4. The minimum atomic E-state index is -0.0718. The van der Waals surface area contributed by atoms with E-state index in [2.05, 4.69) is 12.1 Å². The average molecular weight is 299 g/mol. The standard InChI is InChI=1S/C18H21NO3/c1-13-5-6-15(14-7-9-17(21-3)10-8-14)11-16(13)12-18(20)19(2)22-4/h5-11H,12H2,1-4H3. The van der Waals surface area contributed by atoms with Crippen LogP contribution in [-0.2, 0) is 16.1 Å². The van der Waals surface area contributed by atoms with Gasteiger partial charge in [0.2, 0.25) is 5.91 Å². The van der Waals surface area contributed by atoms with Gasteiger partial charge in [0.1, 0.15) is 5.75 Å². The quantitative estimate of drug-likeness (QED) is 0.796. The second kappa shape index (κ2) is 7.09. The van der Waals surface area contributed by atoms with Gasteiger partial charge in [0, 0.05) is 7.05 Å². The van der Waals surface area contributed by atoms with Crippen molar-refractivity contribution >= 4 is 5.91 Å². The van der Waals surface area contributed by atoms with E-state index in [-0.39, 0.29) is 5.91 Å². The van der Waals surface area contributed by atoms with Gasteiger partial charge < -0.3 is 4.74 Å². The highest BCUT2D eigenvalue weighted by atomic mass is 16.7. The van der Waals surface area contributed by atoms with Crippen molar-refractivity contribution in [1.29, 1.82) is 0 Å². The summed E-state index contributed by atoms with van der Waals surface area (Å²) < 4.78 is 5.18. The molecular weight excluding hydrogens is 278 g/mol. The highest BCUT2D eigenvalue weighted by Gasteiger charge is 2.11. The second-order valence-corrected chi connectivity index (χ2v) is 5.12. The average Bonchev–Trinajstić information content (AvgIpc) is 2.56. The summed E-state index contributed by atoms with van der Waals surface area (Å²) in [6.07, 6.45) is 0.320. The predicted molar refractivity (Wildman–Crippen MR) is 86.7 cm³/mol. The van der Waals surface area contributed by atoms with Crippen molar-refractivity contribution in [3.05, 3.63) is 53.6 Å². The normalized spacial score (nSPS) is 10.4. The summed E-state index contributed by atoms with van der Waals surface area (Å²) in [5.41, 5.74) is 4.27. The summed E-state index contributed by atoms with van der Waals surface area (Å²) in [5.74, 6) is 0.755. The maximum Gasteiger partial charge on any atom is 0.250 e. The van der Waals surface area contributed by atoms with Gasteiger partial charge in [-0.1, -0.05) is 30.3 Å². The van der Waals surface area contributed by atoms with E-state index in [1.165, 1.54) is 12.2 Å². The molecule has 0 aliphatic heterocycles. The number of hydrogen-bond acceptors (Lipinski definition) is 3. The van der Waals surface area contributed by atoms with Gasteiger partial charge in [-0.3, -0.25) is 9.63 Å². The summed E-state index contributed by atoms with van der Waals surface area (Å²) in [6, 6.07) is 14.0. The number of likely N-dealkylation sites (N-methyl/N-ethyl adjacent to an activating group) is 1. The maximum atomic E-state index is 12.0. The van der Waals surface area contributed by atoms with Gasteiger partial charge in [0.05, 0.1) is 20.6 Å². The number of hydrogen-bond donors (Lipinski definition) is 0. The number of rotatable bonds is 5. The fraction of sp³-hybridized carbons (Fsp3) is 0.278. The van der Waals surface area contributed by atoms with Crippen LogP contribution in [0.1, 0.15) is 11.1 Å². The molecule has 0 atom stereocenters. The molecule has 0 unspecified atom stereocenters. The molecule has 0 aliphatic rings. The number of amides is 1. The van der Waals surface area contributed by atoms with Gasteiger partial charge >= 0.3 is 0 Å². The topological polar surface area (TPSA) is 38.8 Å². The van der Waals surface area contributed by atoms with Crippen LogP contribution >= 0.6 is 0 Å². The predicted octanol–water partition coefficient (Wildman–Crippen LogP) is 3.23. The minimum Gasteiger partial charge on any atom is -0.497 e. The van der Waals surface area contributed by atoms with E-state index in [4.69, 9.17) is 9.57 Å². The van der Waals surface area contributed by atoms with Gasteiger partial charge in [-0.05, 0) is 41.3 Å². The highest BCUT2D eigenvalue weighted by Crippen LogP contribution is 2.25. The lowest BCUT2D eigenvalue weighted by Gasteiger charge is -2.15. The summed E-state index contributed by atoms with van der Waals surface area (Å²) in [7, 11) is 4.75. The number of hydroxylamine groups is 2. The largest absolute Gasteiger partial charge is 0.497 e. The first-order valence-electron chi connectivity index (χ1n) is 7.09. The molecule has 0 bridgehead atoms. The van der Waals surface area contributed by atoms with Crippen molar-refractivity contribution in [1.82, 2.24) is 5.06 Å². The monoisotopic (exact) mass is 299 g/mol. The maximum absolute atomic E-state index is 12.0. The van der Waals surface area contributed by atoms with Gasteiger partial charge in [-0.2, -0.15) is 0 Å². The van der Waals surface area contributed by atoms with Crippen LogP contribution in [0.25, 0.3) is 11.1 Å². The third kappa shape index (κ3) is 3.65. The Bertz CT molecular complexity index is 650. The van der Waals surface area contributed by atoms with Crippen LogP contribution in [0.3, 0.4) is 0 Å². The summed E-state index contributed by atoms with van der Waals surface area (Å²) in [6.45, 7) is 2.01. The fourth-order valence-corrected chi connectivity index (χ4v) is 2.20. The van der Waals surface area contributed by atoms with Crippen LogP contribution in [-0.4, -0.2) is 32.2 Å². The number of carbonyl (C=O) groups excluding carboxylic acids is 1. The van der Waals surface area contributed by atoms with E-state index in [1.807, 2.05) is 37.3 Å². The van der Waals surface area contributed by atoms with Crippen LogP contribution in [0.15, 0.2) is 42.5 Å². The second-order valence-electron chi connectivity index (χ2n) is 5.12. The van der Waals surface area contributed by atoms with Crippen LogP contribution in [0.5, 0.6) is 5.75 Å². The fourth-order valence-electron chi connectivity index (χ4n) is 2.20. The van der Waals surface area contributed by atoms with Crippen LogP contribution < -0.4 is 4.74 Å². The summed E-state index contributed by atoms with van der Waals surface area (Å²) in [5, 5.41) is 1.25. The van der Waals surface area contributed by atoms with Gasteiger partial charge in [-0.15, -0.1) is 0 Å². The Kier molecular flexibility index (Phi) is 5.17. The van der Waals surface area contributed by atoms with Gasteiger partial charge in [0.15, 0.2) is 0 Å². The SMILES string of the molecule is COc1ccc(-c2ccc(C)c(CC(=O)N(C)OC)c2)cc1. The van der Waals surface area contributed by atoms with E-state index in [0.29, 0.717) is 6.42 Å². The first kappa shape index (κ1) is 16.0. The molecule has 22 heavy (non-hydrogen) atoms. The molecule has 0 saturated heterocycles. The molecule has 0 fully saturated rings. The molecule has 2 rings (SSSR count). The lowest BCUT2D eigenvalue weighted by molar-refractivity contribution is -0.167. The van der Waals surface area contributed by atoms with E-state index < -0.39 is 0 Å². The Morgan fingerprint density at radius 3 is 2.27 bits per heavy atom. The minimum absolute atomic E-state index is 0.0718. The number of carbonyl (C=O) groups is 1. The Hall–Kier alpha value is -2.33. The third-order valence-corrected chi connectivity index (χ3v) is 3.74. The van der Waals surface area contributed by atoms with Crippen molar-refractivity contribution in [2.75, 3.05) is 21.3 Å². The zero-order valence-corrected chi connectivity index (χ0v) is 13.4. The van der Waals surface area contributed by atoms with Crippen LogP contribution in [0.2, 0.25) is 0 Å². The lowest BCUT2D eigenvalue weighted by Crippen LogP contribution is -2.27. The summed E-state index contributed by atoms with van der Waals surface area (Å²) in [4.78, 5) is 16.9. The Balaban J connectivity index is 2.27. The number of nitrogens with zero attached hydrogens (tertiary/aromatic N) is 1. The molecule has 0 aliphatic carbocycles. The molecule has 116 valence electrons. The first-order valence-corrected chi connectivity index (χ1v) is 7.09. The van der Waals surface area contributed by atoms with E-state index in [9.17, 15) is 4.79 Å². The smallest absolute Gasteiger partial charge is 0.250 e. The molecular formula is C18H21NO3. The molecule has 0 saturated carbocycles. The Morgan fingerprint density at radius 2 is 1.68 bits per heavy atom. The molecule has 0 aromatic heterocycles. The molecule has 0 spiro atoms. The van der Waals surface area contributed by atoms with E-state index >= 15 is 0 Å². The number of ether oxygens (including phenoxy) is 1. The molecule has 0 radical (unpaired) electrons. The molecule has 0 heterocycles. The van der Waals surface area contributed by atoms with Crippen LogP contribution in [0, 0.1) is 6.92 Å². The van der Waals surface area contributed by atoms with E-state index in [0.717, 1.165) is 28.0 Å². The van der Waals surface area contributed by atoms with Crippen LogP contribution in [0.4, 0.5) is 0 Å². The summed E-state index contributed by atoms with van der Waals surface area (Å²) >= 11 is 0. The Morgan fingerprint density at radius 1 is 1.05 bits per heavy atom. The molecule has 2 aromatic rings. The molecule has 4 heteroatoms. The highest BCUT2D eigenvalue weighted by molar-refractivity contribution is 5.79. The Labute approximate surface area is 131 Å². The van der Waals surface area contributed by atoms with Crippen molar-refractivity contribution < 1.29 is 14.4 Å². The lowest BCUT2D eigenvalue weighted by atomic mass is 9.98. The van der Waals surface area contributed by atoms with Crippen molar-refractivity contribution in [3.63, 3.8) is 0 Å². The molecule has 1 amide bonds. The first-order chi connectivity index (χ1) is 10.5.